The van der Waals surface area contributed by atoms with E-state index >= 15 is 0 Å². The molecule has 1 unspecified atom stereocenters. The van der Waals surface area contributed by atoms with Crippen molar-refractivity contribution in [1.82, 2.24) is 19.8 Å². The molecule has 0 saturated carbocycles. The summed E-state index contributed by atoms with van der Waals surface area (Å²) in [5, 5.41) is 8.15. The Hall–Kier alpha value is -2.29. The number of ether oxygens (including phenoxy) is 1. The lowest BCUT2D eigenvalue weighted by molar-refractivity contribution is -0.133. The summed E-state index contributed by atoms with van der Waals surface area (Å²) < 4.78 is 19.8. The predicted molar refractivity (Wildman–Crippen MR) is 103 cm³/mol. The van der Waals surface area contributed by atoms with Gasteiger partial charge >= 0.3 is 0 Å². The lowest BCUT2D eigenvalue weighted by Crippen LogP contribution is -2.45. The number of rotatable bonds is 8. The Morgan fingerprint density at radius 2 is 1.78 bits per heavy atom. The normalized spacial score (nSPS) is 12.4. The second kappa shape index (κ2) is 9.07. The summed E-state index contributed by atoms with van der Waals surface area (Å²) in [6.07, 6.45) is 0. The van der Waals surface area contributed by atoms with Crippen molar-refractivity contribution in [3.8, 4) is 5.75 Å². The molecule has 2 N–H and O–H groups in total. The van der Waals surface area contributed by atoms with E-state index in [9.17, 15) is 9.18 Å². The van der Waals surface area contributed by atoms with Crippen LogP contribution in [0.1, 0.15) is 40.4 Å². The maximum atomic E-state index is 12.9. The molecule has 0 spiro atoms. The number of thioether (sulfide) groups is 1. The molecule has 9 heteroatoms. The molecule has 0 aliphatic heterocycles. The van der Waals surface area contributed by atoms with Gasteiger partial charge in [0, 0.05) is 12.1 Å². The molecule has 7 nitrogen and oxygen atoms in total. The van der Waals surface area contributed by atoms with E-state index in [1.807, 2.05) is 39.5 Å². The number of hydrogen-bond donors (Lipinski definition) is 1. The van der Waals surface area contributed by atoms with E-state index in [2.05, 4.69) is 10.2 Å². The third-order valence-electron chi connectivity index (χ3n) is 3.91. The number of carbonyl (C=O) groups excluding carboxylic acids is 1. The van der Waals surface area contributed by atoms with Gasteiger partial charge in [-0.3, -0.25) is 4.79 Å². The van der Waals surface area contributed by atoms with E-state index in [4.69, 9.17) is 10.6 Å². The highest BCUT2D eigenvalue weighted by Gasteiger charge is 2.27. The molecule has 0 aliphatic rings. The molecular formula is C18H26FN5O2S. The van der Waals surface area contributed by atoms with Crippen molar-refractivity contribution in [2.75, 3.05) is 5.84 Å². The van der Waals surface area contributed by atoms with Gasteiger partial charge in [0.2, 0.25) is 11.1 Å². The van der Waals surface area contributed by atoms with Crippen LogP contribution in [0.5, 0.6) is 5.75 Å². The first kappa shape index (κ1) is 21.0. The Bertz CT molecular complexity index is 756. The van der Waals surface area contributed by atoms with Crippen molar-refractivity contribution in [2.45, 2.75) is 63.7 Å². The summed E-state index contributed by atoms with van der Waals surface area (Å²) in [5.74, 6) is 6.64. The molecule has 1 aromatic heterocycles. The van der Waals surface area contributed by atoms with Crippen LogP contribution in [-0.4, -0.2) is 43.0 Å². The fraction of sp³-hybridized carbons (Fsp3) is 0.500. The van der Waals surface area contributed by atoms with Crippen LogP contribution in [0, 0.1) is 5.82 Å². The summed E-state index contributed by atoms with van der Waals surface area (Å²) in [7, 11) is 0. The van der Waals surface area contributed by atoms with Gasteiger partial charge in [-0.2, -0.15) is 0 Å². The average Bonchev–Trinajstić information content (AvgIpc) is 2.93. The maximum Gasteiger partial charge on any atom is 0.236 e. The van der Waals surface area contributed by atoms with E-state index in [0.717, 1.165) is 0 Å². The fourth-order valence-corrected chi connectivity index (χ4v) is 3.53. The van der Waals surface area contributed by atoms with Crippen LogP contribution in [0.3, 0.4) is 0 Å². The molecule has 1 heterocycles. The number of amides is 1. The summed E-state index contributed by atoms with van der Waals surface area (Å²) in [4.78, 5) is 14.6. The SMILES string of the molecule is CC(Sc1nnc(COc2ccc(F)cc2)n1N)C(=O)N(C(C)C)C(C)C. The van der Waals surface area contributed by atoms with Crippen molar-refractivity contribution in [3.05, 3.63) is 35.9 Å². The lowest BCUT2D eigenvalue weighted by Gasteiger charge is -2.32. The van der Waals surface area contributed by atoms with Gasteiger partial charge < -0.3 is 15.5 Å². The van der Waals surface area contributed by atoms with Crippen molar-refractivity contribution < 1.29 is 13.9 Å². The maximum absolute atomic E-state index is 12.9. The van der Waals surface area contributed by atoms with Gasteiger partial charge in [-0.1, -0.05) is 11.8 Å². The number of nitrogen functional groups attached to an aromatic ring is 1. The van der Waals surface area contributed by atoms with Gasteiger partial charge in [0.15, 0.2) is 5.82 Å². The first-order chi connectivity index (χ1) is 12.7. The van der Waals surface area contributed by atoms with Crippen LogP contribution < -0.4 is 10.6 Å². The van der Waals surface area contributed by atoms with Crippen LogP contribution in [0.2, 0.25) is 0 Å². The number of nitrogens with zero attached hydrogens (tertiary/aromatic N) is 4. The molecule has 2 rings (SSSR count). The molecule has 1 atom stereocenters. The van der Waals surface area contributed by atoms with E-state index in [1.165, 1.54) is 40.7 Å². The fourth-order valence-electron chi connectivity index (χ4n) is 2.69. The smallest absolute Gasteiger partial charge is 0.236 e. The third kappa shape index (κ3) is 5.35. The Labute approximate surface area is 163 Å². The Balaban J connectivity index is 2.01. The van der Waals surface area contributed by atoms with Crippen molar-refractivity contribution in [3.63, 3.8) is 0 Å². The molecule has 0 radical (unpaired) electrons. The second-order valence-electron chi connectivity index (χ2n) is 6.70. The minimum absolute atomic E-state index is 0.0251. The quantitative estimate of drug-likeness (QED) is 0.546. The van der Waals surface area contributed by atoms with E-state index in [-0.39, 0.29) is 35.7 Å². The van der Waals surface area contributed by atoms with Gasteiger partial charge in [-0.15, -0.1) is 10.2 Å². The van der Waals surface area contributed by atoms with Crippen molar-refractivity contribution in [2.24, 2.45) is 0 Å². The van der Waals surface area contributed by atoms with E-state index < -0.39 is 0 Å². The lowest BCUT2D eigenvalue weighted by atomic mass is 10.2. The van der Waals surface area contributed by atoms with Crippen LogP contribution in [-0.2, 0) is 11.4 Å². The molecule has 148 valence electrons. The summed E-state index contributed by atoms with van der Waals surface area (Å²) in [6, 6.07) is 5.88. The van der Waals surface area contributed by atoms with Gasteiger partial charge in [0.25, 0.3) is 0 Å². The number of hydrogen-bond acceptors (Lipinski definition) is 6. The molecular weight excluding hydrogens is 369 g/mol. The monoisotopic (exact) mass is 395 g/mol. The molecule has 1 aromatic carbocycles. The Kier molecular flexibility index (Phi) is 7.06. The largest absolute Gasteiger partial charge is 0.486 e. The van der Waals surface area contributed by atoms with Gasteiger partial charge in [-0.25, -0.2) is 9.07 Å². The third-order valence-corrected chi connectivity index (χ3v) is 4.96. The minimum atomic E-state index is -0.354. The van der Waals surface area contributed by atoms with Gasteiger partial charge in [-0.05, 0) is 58.9 Å². The highest BCUT2D eigenvalue weighted by atomic mass is 32.2. The topological polar surface area (TPSA) is 86.3 Å². The molecule has 2 aromatic rings. The van der Waals surface area contributed by atoms with Crippen LogP contribution in [0.25, 0.3) is 0 Å². The van der Waals surface area contributed by atoms with Crippen LogP contribution in [0.4, 0.5) is 4.39 Å². The number of halogens is 1. The number of benzene rings is 1. The molecule has 27 heavy (non-hydrogen) atoms. The highest BCUT2D eigenvalue weighted by Crippen LogP contribution is 2.24. The van der Waals surface area contributed by atoms with E-state index in [0.29, 0.717) is 16.7 Å². The summed E-state index contributed by atoms with van der Waals surface area (Å²) in [5.41, 5.74) is 0. The Morgan fingerprint density at radius 3 is 2.33 bits per heavy atom. The molecule has 0 aliphatic carbocycles. The zero-order valence-electron chi connectivity index (χ0n) is 16.2. The van der Waals surface area contributed by atoms with Gasteiger partial charge in [0.1, 0.15) is 18.2 Å². The first-order valence-electron chi connectivity index (χ1n) is 8.77. The minimum Gasteiger partial charge on any atom is -0.486 e. The molecule has 0 fully saturated rings. The first-order valence-corrected chi connectivity index (χ1v) is 9.65. The average molecular weight is 396 g/mol. The predicted octanol–water partition coefficient (Wildman–Crippen LogP) is 2.84. The Morgan fingerprint density at radius 1 is 1.19 bits per heavy atom. The van der Waals surface area contributed by atoms with E-state index in [1.54, 1.807) is 0 Å². The summed E-state index contributed by atoms with van der Waals surface area (Å²) >= 11 is 1.25. The van der Waals surface area contributed by atoms with Crippen molar-refractivity contribution >= 4 is 17.7 Å². The second-order valence-corrected chi connectivity index (χ2v) is 8.01. The number of nitrogens with two attached hydrogens (primary N) is 1. The molecule has 1 amide bonds. The molecule has 0 bridgehead atoms. The zero-order valence-corrected chi connectivity index (χ0v) is 17.0. The van der Waals surface area contributed by atoms with Crippen LogP contribution in [0.15, 0.2) is 29.4 Å². The highest BCUT2D eigenvalue weighted by molar-refractivity contribution is 8.00. The van der Waals surface area contributed by atoms with Crippen molar-refractivity contribution in [1.29, 1.82) is 0 Å². The number of carbonyl (C=O) groups is 1. The van der Waals surface area contributed by atoms with Gasteiger partial charge in [0.05, 0.1) is 5.25 Å². The number of aromatic nitrogens is 3. The summed E-state index contributed by atoms with van der Waals surface area (Å²) in [6.45, 7) is 9.88. The van der Waals surface area contributed by atoms with Crippen LogP contribution >= 0.6 is 11.8 Å². The zero-order chi connectivity index (χ0) is 20.1. The standard InChI is InChI=1S/C18H26FN5O2S/c1-11(2)23(12(3)4)17(25)13(5)27-18-22-21-16(24(18)20)10-26-15-8-6-14(19)7-9-15/h6-9,11-13H,10,20H2,1-5H3. The molecule has 0 saturated heterocycles.